The van der Waals surface area contributed by atoms with Crippen LogP contribution >= 0.6 is 0 Å². The molecule has 0 unspecified atom stereocenters. The van der Waals surface area contributed by atoms with Crippen LogP contribution in [0.15, 0.2) is 101 Å². The van der Waals surface area contributed by atoms with E-state index in [1.54, 1.807) is 66.7 Å². The molecule has 0 saturated heterocycles. The molecule has 1 aromatic heterocycles. The summed E-state index contributed by atoms with van der Waals surface area (Å²) in [5, 5.41) is 6.76. The number of hydrazone groups is 1. The predicted octanol–water partition coefficient (Wildman–Crippen LogP) is 4.82. The van der Waals surface area contributed by atoms with E-state index in [2.05, 4.69) is 15.8 Å². The van der Waals surface area contributed by atoms with Crippen molar-refractivity contribution < 1.29 is 23.5 Å². The Hall–Kier alpha value is -4.98. The lowest BCUT2D eigenvalue weighted by molar-refractivity contribution is 0.0700. The molecule has 0 aliphatic rings. The second-order valence-corrected chi connectivity index (χ2v) is 7.50. The standard InChI is InChI=1S/C27H21N3O5/c1-18-6-4-8-20(16-18)25(31)29-22-13-11-19(12-14-22)26(32)30-28-17-21-7-2-3-9-23(21)35-27(33)24-10-5-15-34-24/h2-17H,1H3,(H,29,31)(H,30,32)/b28-17-. The first kappa shape index (κ1) is 23.2. The van der Waals surface area contributed by atoms with E-state index >= 15 is 0 Å². The molecular weight excluding hydrogens is 446 g/mol. The molecule has 3 aromatic carbocycles. The van der Waals surface area contributed by atoms with Crippen molar-refractivity contribution in [3.8, 4) is 5.75 Å². The summed E-state index contributed by atoms with van der Waals surface area (Å²) in [6.45, 7) is 1.92. The summed E-state index contributed by atoms with van der Waals surface area (Å²) in [4.78, 5) is 36.9. The van der Waals surface area contributed by atoms with Crippen LogP contribution in [0, 0.1) is 6.92 Å². The smallest absolute Gasteiger partial charge is 0.379 e. The largest absolute Gasteiger partial charge is 0.457 e. The number of nitrogens with zero attached hydrogens (tertiary/aromatic N) is 1. The maximum atomic E-state index is 12.4. The highest BCUT2D eigenvalue weighted by Crippen LogP contribution is 2.18. The van der Waals surface area contributed by atoms with Gasteiger partial charge in [0.1, 0.15) is 5.75 Å². The van der Waals surface area contributed by atoms with Crippen molar-refractivity contribution in [1.29, 1.82) is 0 Å². The summed E-state index contributed by atoms with van der Waals surface area (Å²) >= 11 is 0. The van der Waals surface area contributed by atoms with Crippen LogP contribution in [0.25, 0.3) is 0 Å². The first-order valence-corrected chi connectivity index (χ1v) is 10.7. The van der Waals surface area contributed by atoms with E-state index in [1.165, 1.54) is 18.5 Å². The average molecular weight is 467 g/mol. The number of carbonyl (C=O) groups excluding carboxylic acids is 3. The SMILES string of the molecule is Cc1cccc(C(=O)Nc2ccc(C(=O)N/N=C\c3ccccc3OC(=O)c3ccco3)cc2)c1. The lowest BCUT2D eigenvalue weighted by Gasteiger charge is -2.07. The van der Waals surface area contributed by atoms with Crippen LogP contribution in [-0.4, -0.2) is 24.0 Å². The number of carbonyl (C=O) groups is 3. The first-order chi connectivity index (χ1) is 17.0. The van der Waals surface area contributed by atoms with Crippen LogP contribution < -0.4 is 15.5 Å². The van der Waals surface area contributed by atoms with Gasteiger partial charge in [-0.1, -0.05) is 29.8 Å². The number of ether oxygens (including phenoxy) is 1. The number of furan rings is 1. The van der Waals surface area contributed by atoms with E-state index in [4.69, 9.17) is 9.15 Å². The molecule has 2 amide bonds. The van der Waals surface area contributed by atoms with Crippen molar-refractivity contribution in [3.05, 3.63) is 119 Å². The third-order valence-corrected chi connectivity index (χ3v) is 4.90. The number of amides is 2. The van der Waals surface area contributed by atoms with Crippen molar-refractivity contribution in [2.75, 3.05) is 5.32 Å². The molecule has 0 aliphatic heterocycles. The zero-order chi connectivity index (χ0) is 24.6. The molecule has 174 valence electrons. The fourth-order valence-electron chi connectivity index (χ4n) is 3.14. The van der Waals surface area contributed by atoms with Gasteiger partial charge in [-0.2, -0.15) is 5.10 Å². The first-order valence-electron chi connectivity index (χ1n) is 10.7. The Morgan fingerprint density at radius 3 is 2.40 bits per heavy atom. The molecule has 0 aliphatic carbocycles. The van der Waals surface area contributed by atoms with E-state index in [0.717, 1.165) is 5.56 Å². The van der Waals surface area contributed by atoms with Crippen LogP contribution in [0.5, 0.6) is 5.75 Å². The fourth-order valence-corrected chi connectivity index (χ4v) is 3.14. The highest BCUT2D eigenvalue weighted by molar-refractivity contribution is 6.04. The van der Waals surface area contributed by atoms with Crippen LogP contribution in [0.4, 0.5) is 5.69 Å². The van der Waals surface area contributed by atoms with Crippen LogP contribution in [0.1, 0.15) is 42.4 Å². The second kappa shape index (κ2) is 10.8. The highest BCUT2D eigenvalue weighted by atomic mass is 16.5. The lowest BCUT2D eigenvalue weighted by atomic mass is 10.1. The van der Waals surface area contributed by atoms with Gasteiger partial charge in [-0.15, -0.1) is 0 Å². The number of hydrogen-bond acceptors (Lipinski definition) is 6. The van der Waals surface area contributed by atoms with Gasteiger partial charge < -0.3 is 14.5 Å². The minimum atomic E-state index is -0.644. The number of para-hydroxylation sites is 1. The van der Waals surface area contributed by atoms with Gasteiger partial charge in [0.2, 0.25) is 5.76 Å². The summed E-state index contributed by atoms with van der Waals surface area (Å²) in [5.74, 6) is -0.983. The number of benzene rings is 3. The number of esters is 1. The molecule has 4 rings (SSSR count). The number of aryl methyl sites for hydroxylation is 1. The van der Waals surface area contributed by atoms with E-state index in [1.807, 2.05) is 19.1 Å². The van der Waals surface area contributed by atoms with Gasteiger partial charge in [-0.05, 0) is 67.6 Å². The predicted molar refractivity (Wildman–Crippen MR) is 131 cm³/mol. The summed E-state index contributed by atoms with van der Waals surface area (Å²) in [6, 6.07) is 23.5. The van der Waals surface area contributed by atoms with Gasteiger partial charge in [-0.25, -0.2) is 10.2 Å². The van der Waals surface area contributed by atoms with Gasteiger partial charge in [-0.3, -0.25) is 9.59 Å². The van der Waals surface area contributed by atoms with Crippen LogP contribution in [0.3, 0.4) is 0 Å². The molecule has 0 fully saturated rings. The van der Waals surface area contributed by atoms with E-state index in [9.17, 15) is 14.4 Å². The van der Waals surface area contributed by atoms with Crippen molar-refractivity contribution >= 4 is 29.7 Å². The molecule has 8 heteroatoms. The Morgan fingerprint density at radius 2 is 1.66 bits per heavy atom. The second-order valence-electron chi connectivity index (χ2n) is 7.50. The van der Waals surface area contributed by atoms with Crippen LogP contribution in [0.2, 0.25) is 0 Å². The monoisotopic (exact) mass is 467 g/mol. The maximum absolute atomic E-state index is 12.4. The molecule has 0 radical (unpaired) electrons. The number of rotatable bonds is 7. The topological polar surface area (TPSA) is 110 Å². The molecule has 0 spiro atoms. The zero-order valence-electron chi connectivity index (χ0n) is 18.7. The maximum Gasteiger partial charge on any atom is 0.379 e. The summed E-state index contributed by atoms with van der Waals surface area (Å²) in [5.41, 5.74) is 5.38. The van der Waals surface area contributed by atoms with Crippen molar-refractivity contribution in [2.45, 2.75) is 6.92 Å². The summed E-state index contributed by atoms with van der Waals surface area (Å²) in [7, 11) is 0. The minimum Gasteiger partial charge on any atom is -0.457 e. The van der Waals surface area contributed by atoms with Crippen LogP contribution in [-0.2, 0) is 0 Å². The molecule has 8 nitrogen and oxygen atoms in total. The van der Waals surface area contributed by atoms with Gasteiger partial charge in [0.25, 0.3) is 11.8 Å². The Kier molecular flexibility index (Phi) is 7.13. The molecule has 2 N–H and O–H groups in total. The van der Waals surface area contributed by atoms with E-state index in [0.29, 0.717) is 22.4 Å². The highest BCUT2D eigenvalue weighted by Gasteiger charge is 2.13. The molecule has 1 heterocycles. The van der Waals surface area contributed by atoms with Gasteiger partial charge in [0, 0.05) is 22.4 Å². The third-order valence-electron chi connectivity index (χ3n) is 4.90. The number of hydrogen-bond donors (Lipinski definition) is 2. The normalized spacial score (nSPS) is 10.7. The summed E-state index contributed by atoms with van der Waals surface area (Å²) < 4.78 is 10.4. The molecule has 0 atom stereocenters. The molecule has 0 bridgehead atoms. The molecule has 4 aromatic rings. The Bertz CT molecular complexity index is 1380. The van der Waals surface area contributed by atoms with Crippen molar-refractivity contribution in [1.82, 2.24) is 5.43 Å². The average Bonchev–Trinajstić information content (AvgIpc) is 3.41. The molecule has 0 saturated carbocycles. The number of anilines is 1. The molecule has 35 heavy (non-hydrogen) atoms. The Labute approximate surface area is 201 Å². The Balaban J connectivity index is 1.35. The fraction of sp³-hybridized carbons (Fsp3) is 0.0370. The summed E-state index contributed by atoms with van der Waals surface area (Å²) in [6.07, 6.45) is 2.75. The number of nitrogens with one attached hydrogen (secondary N) is 2. The lowest BCUT2D eigenvalue weighted by Crippen LogP contribution is -2.18. The molecular formula is C27H21N3O5. The quantitative estimate of drug-likeness (QED) is 0.175. The van der Waals surface area contributed by atoms with E-state index < -0.39 is 11.9 Å². The zero-order valence-corrected chi connectivity index (χ0v) is 18.7. The van der Waals surface area contributed by atoms with Crippen molar-refractivity contribution in [3.63, 3.8) is 0 Å². The Morgan fingerprint density at radius 1 is 0.857 bits per heavy atom. The van der Waals surface area contributed by atoms with Gasteiger partial charge in [0.15, 0.2) is 0 Å². The van der Waals surface area contributed by atoms with E-state index in [-0.39, 0.29) is 17.4 Å². The van der Waals surface area contributed by atoms with Gasteiger partial charge >= 0.3 is 5.97 Å². The van der Waals surface area contributed by atoms with Gasteiger partial charge in [0.05, 0.1) is 12.5 Å². The third kappa shape index (κ3) is 6.08. The van der Waals surface area contributed by atoms with Crippen molar-refractivity contribution in [2.24, 2.45) is 5.10 Å². The minimum absolute atomic E-state index is 0.0727.